The molecule has 1 heterocycles. The number of carbonyl (C=O) groups excluding carboxylic acids is 1. The number of hydrogen-bond donors (Lipinski definition) is 0. The Hall–Kier alpha value is -2.67. The standard InChI is InChI=1S/C17H16N2O4S/c1-19(12-6-5-7-13(10-12)24-2)23-16(20)11-21-17-18-14-8-3-4-9-15(14)22-17/h3-10H,11H2,1-2H3. The van der Waals surface area contributed by atoms with Gasteiger partial charge in [0.1, 0.15) is 5.52 Å². The molecule has 0 bridgehead atoms. The lowest BCUT2D eigenvalue weighted by Gasteiger charge is -2.18. The van der Waals surface area contributed by atoms with Crippen LogP contribution in [0.2, 0.25) is 0 Å². The quantitative estimate of drug-likeness (QED) is 0.501. The van der Waals surface area contributed by atoms with Crippen molar-refractivity contribution in [1.82, 2.24) is 4.98 Å². The Morgan fingerprint density at radius 1 is 1.25 bits per heavy atom. The number of fused-ring (bicyclic) bond motifs is 1. The van der Waals surface area contributed by atoms with E-state index < -0.39 is 5.97 Å². The highest BCUT2D eigenvalue weighted by molar-refractivity contribution is 7.98. The summed E-state index contributed by atoms with van der Waals surface area (Å²) in [6.07, 6.45) is 2.03. The second-order valence-electron chi connectivity index (χ2n) is 4.90. The third-order valence-electron chi connectivity index (χ3n) is 3.24. The van der Waals surface area contributed by atoms with Crippen molar-refractivity contribution in [1.29, 1.82) is 0 Å². The topological polar surface area (TPSA) is 64.8 Å². The predicted octanol–water partition coefficient (Wildman–Crippen LogP) is 3.52. The summed E-state index contributed by atoms with van der Waals surface area (Å²) in [4.78, 5) is 22.3. The molecule has 0 aliphatic rings. The Morgan fingerprint density at radius 3 is 2.88 bits per heavy atom. The van der Waals surface area contributed by atoms with Gasteiger partial charge in [-0.3, -0.25) is 0 Å². The molecular weight excluding hydrogens is 328 g/mol. The maximum Gasteiger partial charge on any atom is 0.395 e. The molecule has 0 amide bonds. The van der Waals surface area contributed by atoms with E-state index in [9.17, 15) is 4.79 Å². The Bertz CT molecular complexity index is 816. The number of thioether (sulfide) groups is 1. The van der Waals surface area contributed by atoms with Crippen LogP contribution in [0.1, 0.15) is 0 Å². The van der Waals surface area contributed by atoms with Crippen LogP contribution >= 0.6 is 11.8 Å². The minimum Gasteiger partial charge on any atom is -0.438 e. The molecule has 0 saturated carbocycles. The minimum absolute atomic E-state index is 0.0418. The van der Waals surface area contributed by atoms with E-state index in [0.29, 0.717) is 11.1 Å². The monoisotopic (exact) mass is 344 g/mol. The number of benzene rings is 2. The molecule has 0 aliphatic heterocycles. The van der Waals surface area contributed by atoms with Gasteiger partial charge in [0.25, 0.3) is 0 Å². The number of hydroxylamine groups is 1. The summed E-state index contributed by atoms with van der Waals surface area (Å²) in [7, 11) is 1.66. The van der Waals surface area contributed by atoms with Gasteiger partial charge < -0.3 is 14.0 Å². The van der Waals surface area contributed by atoms with Crippen molar-refractivity contribution in [2.75, 3.05) is 25.0 Å². The summed E-state index contributed by atoms with van der Waals surface area (Å²) in [5, 5.41) is 1.40. The van der Waals surface area contributed by atoms with Crippen LogP contribution in [0.25, 0.3) is 11.1 Å². The van der Waals surface area contributed by atoms with Crippen LogP contribution in [0.4, 0.5) is 5.69 Å². The first-order chi connectivity index (χ1) is 11.7. The molecular formula is C17H16N2O4S. The summed E-state index contributed by atoms with van der Waals surface area (Å²) in [6, 6.07) is 14.9. The summed E-state index contributed by atoms with van der Waals surface area (Å²) < 4.78 is 10.6. The van der Waals surface area contributed by atoms with Crippen LogP contribution in [0.5, 0.6) is 6.08 Å². The Balaban J connectivity index is 1.56. The van der Waals surface area contributed by atoms with Gasteiger partial charge in [-0.25, -0.2) is 9.86 Å². The second-order valence-corrected chi connectivity index (χ2v) is 5.78. The number of aromatic nitrogens is 1. The normalized spacial score (nSPS) is 10.6. The Morgan fingerprint density at radius 2 is 2.08 bits per heavy atom. The number of rotatable bonds is 6. The first kappa shape index (κ1) is 16.2. The first-order valence-corrected chi connectivity index (χ1v) is 8.45. The fourth-order valence-electron chi connectivity index (χ4n) is 2.07. The molecule has 3 rings (SSSR count). The van der Waals surface area contributed by atoms with E-state index in [2.05, 4.69) is 4.98 Å². The summed E-state index contributed by atoms with van der Waals surface area (Å²) in [5.41, 5.74) is 2.05. The van der Waals surface area contributed by atoms with Gasteiger partial charge in [-0.1, -0.05) is 18.2 Å². The van der Waals surface area contributed by atoms with Crippen molar-refractivity contribution in [2.45, 2.75) is 4.90 Å². The molecule has 0 atom stereocenters. The van der Waals surface area contributed by atoms with Crippen LogP contribution in [-0.2, 0) is 9.63 Å². The largest absolute Gasteiger partial charge is 0.438 e. The third-order valence-corrected chi connectivity index (χ3v) is 3.97. The van der Waals surface area contributed by atoms with Crippen molar-refractivity contribution in [3.8, 4) is 6.08 Å². The van der Waals surface area contributed by atoms with Gasteiger partial charge >= 0.3 is 12.0 Å². The van der Waals surface area contributed by atoms with Crippen molar-refractivity contribution in [3.63, 3.8) is 0 Å². The molecule has 3 aromatic rings. The van der Waals surface area contributed by atoms with Crippen LogP contribution in [0, 0.1) is 0 Å². The van der Waals surface area contributed by atoms with E-state index in [4.69, 9.17) is 14.0 Å². The zero-order valence-corrected chi connectivity index (χ0v) is 14.1. The van der Waals surface area contributed by atoms with E-state index in [1.54, 1.807) is 30.9 Å². The Kier molecular flexibility index (Phi) is 4.90. The molecule has 0 N–H and O–H groups in total. The lowest BCUT2D eigenvalue weighted by molar-refractivity contribution is -0.147. The van der Waals surface area contributed by atoms with Gasteiger partial charge in [0.15, 0.2) is 12.2 Å². The van der Waals surface area contributed by atoms with Gasteiger partial charge in [0.05, 0.1) is 5.69 Å². The molecule has 0 fully saturated rings. The SMILES string of the molecule is CSc1cccc(N(C)OC(=O)COc2nc3ccccc3o2)c1. The molecule has 0 unspecified atom stereocenters. The number of carbonyl (C=O) groups is 1. The molecule has 1 aromatic heterocycles. The van der Waals surface area contributed by atoms with Gasteiger partial charge in [-0.2, -0.15) is 4.98 Å². The van der Waals surface area contributed by atoms with Crippen molar-refractivity contribution in [3.05, 3.63) is 48.5 Å². The molecule has 7 heteroatoms. The molecule has 0 saturated heterocycles. The summed E-state index contributed by atoms with van der Waals surface area (Å²) >= 11 is 1.62. The molecule has 24 heavy (non-hydrogen) atoms. The highest BCUT2D eigenvalue weighted by atomic mass is 32.2. The smallest absolute Gasteiger partial charge is 0.395 e. The summed E-state index contributed by atoms with van der Waals surface area (Å²) in [5.74, 6) is -0.547. The number of hydrogen-bond acceptors (Lipinski definition) is 7. The van der Waals surface area contributed by atoms with E-state index in [-0.39, 0.29) is 12.7 Å². The Labute approximate surface area is 143 Å². The van der Waals surface area contributed by atoms with Gasteiger partial charge in [0, 0.05) is 11.9 Å². The van der Waals surface area contributed by atoms with Crippen molar-refractivity contribution in [2.24, 2.45) is 0 Å². The van der Waals surface area contributed by atoms with Crippen LogP contribution < -0.4 is 9.80 Å². The number of anilines is 1. The molecule has 0 aliphatic carbocycles. The molecule has 124 valence electrons. The van der Waals surface area contributed by atoms with Crippen LogP contribution in [0.15, 0.2) is 57.8 Å². The number of oxazole rings is 1. The van der Waals surface area contributed by atoms with Crippen molar-refractivity contribution < 1.29 is 18.8 Å². The predicted molar refractivity (Wildman–Crippen MR) is 92.2 cm³/mol. The number of ether oxygens (including phenoxy) is 1. The fraction of sp³-hybridized carbons (Fsp3) is 0.176. The van der Waals surface area contributed by atoms with Crippen LogP contribution in [-0.4, -0.2) is 30.9 Å². The number of nitrogens with zero attached hydrogens (tertiary/aromatic N) is 2. The van der Waals surface area contributed by atoms with E-state index in [1.807, 2.05) is 42.7 Å². The van der Waals surface area contributed by atoms with E-state index in [1.165, 1.54) is 5.06 Å². The minimum atomic E-state index is -0.547. The number of para-hydroxylation sites is 2. The average molecular weight is 344 g/mol. The lowest BCUT2D eigenvalue weighted by atomic mass is 10.3. The molecule has 0 radical (unpaired) electrons. The average Bonchev–Trinajstić information content (AvgIpc) is 3.03. The van der Waals surface area contributed by atoms with Gasteiger partial charge in [-0.15, -0.1) is 11.8 Å². The van der Waals surface area contributed by atoms with Gasteiger partial charge in [0.2, 0.25) is 0 Å². The lowest BCUT2D eigenvalue weighted by Crippen LogP contribution is -2.26. The first-order valence-electron chi connectivity index (χ1n) is 7.22. The highest BCUT2D eigenvalue weighted by Gasteiger charge is 2.13. The highest BCUT2D eigenvalue weighted by Crippen LogP contribution is 2.22. The summed E-state index contributed by atoms with van der Waals surface area (Å²) in [6.45, 7) is -0.292. The fourth-order valence-corrected chi connectivity index (χ4v) is 2.52. The second kappa shape index (κ2) is 7.27. The van der Waals surface area contributed by atoms with E-state index >= 15 is 0 Å². The maximum atomic E-state index is 11.9. The molecule has 6 nitrogen and oxygen atoms in total. The van der Waals surface area contributed by atoms with E-state index in [0.717, 1.165) is 10.6 Å². The van der Waals surface area contributed by atoms with Gasteiger partial charge in [-0.05, 0) is 36.6 Å². The third kappa shape index (κ3) is 3.80. The zero-order chi connectivity index (χ0) is 16.9. The molecule has 2 aromatic carbocycles. The maximum absolute atomic E-state index is 11.9. The van der Waals surface area contributed by atoms with Crippen LogP contribution in [0.3, 0.4) is 0 Å². The molecule has 0 spiro atoms. The zero-order valence-electron chi connectivity index (χ0n) is 13.3. The van der Waals surface area contributed by atoms with Crippen molar-refractivity contribution >= 4 is 34.5 Å².